The molecule has 2 heteroatoms. The van der Waals surface area contributed by atoms with Crippen LogP contribution in [0.1, 0.15) is 39.7 Å². The molecule has 0 bridgehead atoms. The predicted octanol–water partition coefficient (Wildman–Crippen LogP) is 3.28. The minimum atomic E-state index is 0.551. The minimum absolute atomic E-state index is 0.551. The monoisotopic (exact) mass is 220 g/mol. The molecule has 16 heavy (non-hydrogen) atoms. The third kappa shape index (κ3) is 3.24. The maximum atomic E-state index is 5.98. The summed E-state index contributed by atoms with van der Waals surface area (Å²) in [5, 5.41) is 0. The van der Waals surface area contributed by atoms with Crippen molar-refractivity contribution >= 4 is 5.69 Å². The Morgan fingerprint density at radius 2 is 1.81 bits per heavy atom. The highest BCUT2D eigenvalue weighted by Gasteiger charge is 2.16. The van der Waals surface area contributed by atoms with Gasteiger partial charge in [-0.05, 0) is 38.8 Å². The van der Waals surface area contributed by atoms with Crippen molar-refractivity contribution in [1.29, 1.82) is 0 Å². The Bertz CT molecular complexity index is 320. The maximum Gasteiger partial charge on any atom is 0.0359 e. The third-order valence-electron chi connectivity index (χ3n) is 3.23. The van der Waals surface area contributed by atoms with Crippen LogP contribution >= 0.6 is 0 Å². The third-order valence-corrected chi connectivity index (χ3v) is 3.23. The fourth-order valence-electron chi connectivity index (χ4n) is 1.96. The predicted molar refractivity (Wildman–Crippen MR) is 71.3 cm³/mol. The lowest BCUT2D eigenvalue weighted by atomic mass is 10.1. The van der Waals surface area contributed by atoms with Gasteiger partial charge in [-0.15, -0.1) is 0 Å². The molecule has 0 aliphatic heterocycles. The summed E-state index contributed by atoms with van der Waals surface area (Å²) < 4.78 is 0. The van der Waals surface area contributed by atoms with Gasteiger partial charge in [0.25, 0.3) is 0 Å². The highest BCUT2D eigenvalue weighted by atomic mass is 15.2. The molecule has 0 fully saturated rings. The van der Waals surface area contributed by atoms with Crippen LogP contribution < -0.4 is 5.73 Å². The zero-order valence-electron chi connectivity index (χ0n) is 10.9. The molecule has 0 saturated heterocycles. The fourth-order valence-corrected chi connectivity index (χ4v) is 1.96. The van der Waals surface area contributed by atoms with Crippen LogP contribution in [0.25, 0.3) is 0 Å². The van der Waals surface area contributed by atoms with E-state index in [1.807, 2.05) is 12.1 Å². The van der Waals surface area contributed by atoms with Crippen LogP contribution in [0.3, 0.4) is 0 Å². The van der Waals surface area contributed by atoms with Gasteiger partial charge >= 0.3 is 0 Å². The quantitative estimate of drug-likeness (QED) is 0.772. The summed E-state index contributed by atoms with van der Waals surface area (Å²) in [5.41, 5.74) is 8.12. The number of benzene rings is 1. The van der Waals surface area contributed by atoms with E-state index in [-0.39, 0.29) is 0 Å². The number of nitrogens with two attached hydrogens (primary N) is 1. The van der Waals surface area contributed by atoms with E-state index in [0.717, 1.165) is 12.2 Å². The lowest BCUT2D eigenvalue weighted by molar-refractivity contribution is 0.151. The lowest BCUT2D eigenvalue weighted by Gasteiger charge is -2.32. The van der Waals surface area contributed by atoms with Crippen LogP contribution in [0.2, 0.25) is 0 Å². The van der Waals surface area contributed by atoms with Crippen molar-refractivity contribution in [1.82, 2.24) is 4.90 Å². The van der Waals surface area contributed by atoms with Gasteiger partial charge in [0, 0.05) is 24.3 Å². The van der Waals surface area contributed by atoms with E-state index < -0.39 is 0 Å². The number of nitrogens with zero attached hydrogens (tertiary/aromatic N) is 1. The van der Waals surface area contributed by atoms with Gasteiger partial charge in [0.1, 0.15) is 0 Å². The summed E-state index contributed by atoms with van der Waals surface area (Å²) in [7, 11) is 0. The van der Waals surface area contributed by atoms with Crippen molar-refractivity contribution in [2.45, 2.75) is 52.7 Å². The Morgan fingerprint density at radius 1 is 1.19 bits per heavy atom. The summed E-state index contributed by atoms with van der Waals surface area (Å²) in [5.74, 6) is 0. The summed E-state index contributed by atoms with van der Waals surface area (Å²) in [6, 6.07) is 9.29. The molecule has 0 aliphatic carbocycles. The van der Waals surface area contributed by atoms with E-state index in [9.17, 15) is 0 Å². The Labute approximate surface area is 99.5 Å². The Morgan fingerprint density at radius 3 is 2.31 bits per heavy atom. The van der Waals surface area contributed by atoms with Gasteiger partial charge in [-0.1, -0.05) is 25.1 Å². The van der Waals surface area contributed by atoms with Crippen molar-refractivity contribution in [3.8, 4) is 0 Å². The van der Waals surface area contributed by atoms with E-state index in [1.165, 1.54) is 12.0 Å². The van der Waals surface area contributed by atoms with Gasteiger partial charge in [0.15, 0.2) is 0 Å². The van der Waals surface area contributed by atoms with Gasteiger partial charge in [-0.25, -0.2) is 0 Å². The number of hydrogen-bond acceptors (Lipinski definition) is 2. The highest BCUT2D eigenvalue weighted by Crippen LogP contribution is 2.18. The highest BCUT2D eigenvalue weighted by molar-refractivity contribution is 5.46. The molecule has 0 heterocycles. The average Bonchev–Trinajstić information content (AvgIpc) is 2.26. The number of para-hydroxylation sites is 1. The maximum absolute atomic E-state index is 5.98. The van der Waals surface area contributed by atoms with Gasteiger partial charge in [-0.3, -0.25) is 4.90 Å². The average molecular weight is 220 g/mol. The molecule has 0 radical (unpaired) electrons. The molecule has 0 aromatic heterocycles. The molecular formula is C14H24N2. The normalized spacial score (nSPS) is 13.4. The first-order chi connectivity index (χ1) is 7.56. The summed E-state index contributed by atoms with van der Waals surface area (Å²) in [6.45, 7) is 9.93. The first kappa shape index (κ1) is 13.0. The largest absolute Gasteiger partial charge is 0.398 e. The first-order valence-electron chi connectivity index (χ1n) is 6.15. The zero-order chi connectivity index (χ0) is 12.1. The SMILES string of the molecule is CCC(C)N(Cc1ccccc1N)C(C)C. The molecule has 0 spiro atoms. The van der Waals surface area contributed by atoms with Crippen LogP contribution in [0.4, 0.5) is 5.69 Å². The summed E-state index contributed by atoms with van der Waals surface area (Å²) in [4.78, 5) is 2.49. The zero-order valence-corrected chi connectivity index (χ0v) is 10.9. The van der Waals surface area contributed by atoms with Crippen molar-refractivity contribution < 1.29 is 0 Å². The number of hydrogen-bond donors (Lipinski definition) is 1. The fraction of sp³-hybridized carbons (Fsp3) is 0.571. The molecule has 1 aromatic rings. The molecule has 2 N–H and O–H groups in total. The van der Waals surface area contributed by atoms with Crippen LogP contribution in [0.15, 0.2) is 24.3 Å². The smallest absolute Gasteiger partial charge is 0.0359 e. The van der Waals surface area contributed by atoms with Gasteiger partial charge < -0.3 is 5.73 Å². The molecule has 1 rings (SSSR count). The number of rotatable bonds is 5. The Balaban J connectivity index is 2.80. The Hall–Kier alpha value is -1.02. The summed E-state index contributed by atoms with van der Waals surface area (Å²) in [6.07, 6.45) is 1.17. The molecule has 90 valence electrons. The molecule has 2 nitrogen and oxygen atoms in total. The first-order valence-corrected chi connectivity index (χ1v) is 6.15. The van der Waals surface area contributed by atoms with Crippen molar-refractivity contribution in [3.05, 3.63) is 29.8 Å². The molecule has 1 atom stereocenters. The number of nitrogen functional groups attached to an aromatic ring is 1. The molecule has 0 aliphatic rings. The van der Waals surface area contributed by atoms with E-state index in [1.54, 1.807) is 0 Å². The second kappa shape index (κ2) is 5.90. The molecule has 1 aromatic carbocycles. The molecule has 1 unspecified atom stereocenters. The molecule has 0 amide bonds. The van der Waals surface area contributed by atoms with Crippen LogP contribution in [-0.2, 0) is 6.54 Å². The van der Waals surface area contributed by atoms with E-state index in [0.29, 0.717) is 12.1 Å². The Kier molecular flexibility index (Phi) is 4.81. The molecule has 0 saturated carbocycles. The van der Waals surface area contributed by atoms with Crippen molar-refractivity contribution in [2.75, 3.05) is 5.73 Å². The summed E-state index contributed by atoms with van der Waals surface area (Å²) >= 11 is 0. The van der Waals surface area contributed by atoms with Gasteiger partial charge in [-0.2, -0.15) is 0 Å². The van der Waals surface area contributed by atoms with Crippen molar-refractivity contribution in [3.63, 3.8) is 0 Å². The van der Waals surface area contributed by atoms with Crippen molar-refractivity contribution in [2.24, 2.45) is 0 Å². The van der Waals surface area contributed by atoms with Crippen LogP contribution in [-0.4, -0.2) is 17.0 Å². The van der Waals surface area contributed by atoms with E-state index in [2.05, 4.69) is 44.7 Å². The van der Waals surface area contributed by atoms with Gasteiger partial charge in [0.05, 0.1) is 0 Å². The topological polar surface area (TPSA) is 29.3 Å². The van der Waals surface area contributed by atoms with E-state index in [4.69, 9.17) is 5.73 Å². The second-order valence-electron chi connectivity index (χ2n) is 4.72. The lowest BCUT2D eigenvalue weighted by Crippen LogP contribution is -2.37. The van der Waals surface area contributed by atoms with Crippen LogP contribution in [0, 0.1) is 0 Å². The van der Waals surface area contributed by atoms with E-state index >= 15 is 0 Å². The molecular weight excluding hydrogens is 196 g/mol. The number of anilines is 1. The standard InChI is InChI=1S/C14H24N2/c1-5-12(4)16(11(2)3)10-13-8-6-7-9-14(13)15/h6-9,11-12H,5,10,15H2,1-4H3. The second-order valence-corrected chi connectivity index (χ2v) is 4.72. The van der Waals surface area contributed by atoms with Gasteiger partial charge in [0.2, 0.25) is 0 Å². The van der Waals surface area contributed by atoms with Crippen LogP contribution in [0.5, 0.6) is 0 Å². The minimum Gasteiger partial charge on any atom is -0.398 e.